The Kier molecular flexibility index (Phi) is 6.68. The first-order valence-electron chi connectivity index (χ1n) is 9.02. The number of nitrogens with zero attached hydrogens (tertiary/aromatic N) is 1. The van der Waals surface area contributed by atoms with Crippen molar-refractivity contribution < 1.29 is 9.84 Å². The van der Waals surface area contributed by atoms with Gasteiger partial charge >= 0.3 is 0 Å². The molecule has 0 radical (unpaired) electrons. The van der Waals surface area contributed by atoms with Crippen molar-refractivity contribution in [3.05, 3.63) is 65.0 Å². The summed E-state index contributed by atoms with van der Waals surface area (Å²) in [6.45, 7) is 3.66. The van der Waals surface area contributed by atoms with Gasteiger partial charge in [0.2, 0.25) is 0 Å². The Hall–Kier alpha value is -2.57. The van der Waals surface area contributed by atoms with Gasteiger partial charge in [0.1, 0.15) is 11.9 Å². The van der Waals surface area contributed by atoms with Crippen molar-refractivity contribution in [3.63, 3.8) is 0 Å². The van der Waals surface area contributed by atoms with Gasteiger partial charge in [0.25, 0.3) is 0 Å². The van der Waals surface area contributed by atoms with Crippen LogP contribution in [0.2, 0.25) is 0 Å². The van der Waals surface area contributed by atoms with Gasteiger partial charge in [-0.1, -0.05) is 36.4 Å². The van der Waals surface area contributed by atoms with Crippen LogP contribution < -0.4 is 15.4 Å². The van der Waals surface area contributed by atoms with Crippen LogP contribution in [-0.4, -0.2) is 31.3 Å². The molecule has 0 aliphatic heterocycles. The SMILES string of the molecule is CCNC(=NCc1ccccc1OC)NCC(O)c1cc2ccccc2s1. The lowest BCUT2D eigenvalue weighted by atomic mass is 10.2. The van der Waals surface area contributed by atoms with Crippen molar-refractivity contribution in [1.82, 2.24) is 10.6 Å². The number of aliphatic hydroxyl groups excluding tert-OH is 1. The molecule has 1 unspecified atom stereocenters. The molecule has 3 N–H and O–H groups in total. The zero-order chi connectivity index (χ0) is 19.1. The molecule has 6 heteroatoms. The van der Waals surface area contributed by atoms with Crippen LogP contribution in [0.25, 0.3) is 10.1 Å². The second-order valence-electron chi connectivity index (χ2n) is 6.09. The molecule has 0 aliphatic rings. The first kappa shape index (κ1) is 19.2. The van der Waals surface area contributed by atoms with Crippen LogP contribution in [0.4, 0.5) is 0 Å². The summed E-state index contributed by atoms with van der Waals surface area (Å²) in [7, 11) is 1.66. The summed E-state index contributed by atoms with van der Waals surface area (Å²) in [5.74, 6) is 1.49. The molecular weight excluding hydrogens is 358 g/mol. The van der Waals surface area contributed by atoms with E-state index in [-0.39, 0.29) is 0 Å². The van der Waals surface area contributed by atoms with Crippen molar-refractivity contribution >= 4 is 27.4 Å². The molecule has 0 aliphatic carbocycles. The number of methoxy groups -OCH3 is 1. The van der Waals surface area contributed by atoms with Gasteiger partial charge < -0.3 is 20.5 Å². The minimum Gasteiger partial charge on any atom is -0.496 e. The fraction of sp³-hybridized carbons (Fsp3) is 0.286. The van der Waals surface area contributed by atoms with Gasteiger partial charge in [0.15, 0.2) is 5.96 Å². The van der Waals surface area contributed by atoms with Crippen LogP contribution in [0.15, 0.2) is 59.6 Å². The fourth-order valence-electron chi connectivity index (χ4n) is 2.80. The molecule has 142 valence electrons. The number of fused-ring (bicyclic) bond motifs is 1. The number of benzene rings is 2. The number of hydrogen-bond donors (Lipinski definition) is 3. The van der Waals surface area contributed by atoms with E-state index in [0.29, 0.717) is 19.0 Å². The lowest BCUT2D eigenvalue weighted by Crippen LogP contribution is -2.39. The van der Waals surface area contributed by atoms with Gasteiger partial charge in [-0.05, 0) is 30.5 Å². The van der Waals surface area contributed by atoms with E-state index in [0.717, 1.165) is 28.1 Å². The molecule has 0 saturated heterocycles. The van der Waals surface area contributed by atoms with Gasteiger partial charge in [-0.25, -0.2) is 4.99 Å². The molecule has 2 aromatic carbocycles. The van der Waals surface area contributed by atoms with Crippen LogP contribution in [0.1, 0.15) is 23.5 Å². The number of para-hydroxylation sites is 1. The van der Waals surface area contributed by atoms with E-state index in [4.69, 9.17) is 4.74 Å². The van der Waals surface area contributed by atoms with E-state index in [1.54, 1.807) is 18.4 Å². The molecule has 0 amide bonds. The normalized spacial score (nSPS) is 12.8. The second-order valence-corrected chi connectivity index (χ2v) is 7.21. The number of rotatable bonds is 7. The molecule has 0 bridgehead atoms. The van der Waals surface area contributed by atoms with E-state index in [2.05, 4.69) is 27.8 Å². The van der Waals surface area contributed by atoms with Crippen molar-refractivity contribution in [1.29, 1.82) is 0 Å². The maximum absolute atomic E-state index is 10.6. The Morgan fingerprint density at radius 2 is 1.93 bits per heavy atom. The molecule has 0 spiro atoms. The van der Waals surface area contributed by atoms with E-state index in [9.17, 15) is 5.11 Å². The smallest absolute Gasteiger partial charge is 0.191 e. The third-order valence-electron chi connectivity index (χ3n) is 4.18. The summed E-state index contributed by atoms with van der Waals surface area (Å²) in [6.07, 6.45) is -0.586. The lowest BCUT2D eigenvalue weighted by molar-refractivity contribution is 0.184. The zero-order valence-electron chi connectivity index (χ0n) is 15.6. The van der Waals surface area contributed by atoms with Gasteiger partial charge in [-0.2, -0.15) is 0 Å². The van der Waals surface area contributed by atoms with E-state index in [1.807, 2.05) is 49.4 Å². The highest BCUT2D eigenvalue weighted by atomic mass is 32.1. The Bertz CT molecular complexity index is 874. The number of guanidine groups is 1. The van der Waals surface area contributed by atoms with Crippen molar-refractivity contribution in [2.75, 3.05) is 20.2 Å². The van der Waals surface area contributed by atoms with Crippen LogP contribution in [-0.2, 0) is 6.54 Å². The lowest BCUT2D eigenvalue weighted by Gasteiger charge is -2.14. The Morgan fingerprint density at radius 3 is 2.70 bits per heavy atom. The predicted octanol–water partition coefficient (Wildman–Crippen LogP) is 3.70. The number of hydrogen-bond acceptors (Lipinski definition) is 4. The maximum atomic E-state index is 10.6. The monoisotopic (exact) mass is 383 g/mol. The summed E-state index contributed by atoms with van der Waals surface area (Å²) >= 11 is 1.62. The number of thiophene rings is 1. The molecule has 0 saturated carbocycles. The largest absolute Gasteiger partial charge is 0.496 e. The predicted molar refractivity (Wildman–Crippen MR) is 113 cm³/mol. The second kappa shape index (κ2) is 9.39. The third kappa shape index (κ3) is 4.99. The van der Waals surface area contributed by atoms with Crippen molar-refractivity contribution in [3.8, 4) is 5.75 Å². The molecular formula is C21H25N3O2S. The molecule has 3 aromatic rings. The highest BCUT2D eigenvalue weighted by molar-refractivity contribution is 7.19. The first-order chi connectivity index (χ1) is 13.2. The molecule has 1 heterocycles. The van der Waals surface area contributed by atoms with Gasteiger partial charge in [-0.15, -0.1) is 11.3 Å². The standard InChI is InChI=1S/C21H25N3O2S/c1-3-22-21(23-13-16-9-4-6-10-18(16)26-2)24-14-17(25)20-12-15-8-5-7-11-19(15)27-20/h4-12,17,25H,3,13-14H2,1-2H3,(H2,22,23,24). The molecule has 5 nitrogen and oxygen atoms in total. The zero-order valence-corrected chi connectivity index (χ0v) is 16.4. The molecule has 27 heavy (non-hydrogen) atoms. The molecule has 1 atom stereocenters. The highest BCUT2D eigenvalue weighted by Crippen LogP contribution is 2.29. The van der Waals surface area contributed by atoms with Crippen molar-refractivity contribution in [2.24, 2.45) is 4.99 Å². The average molecular weight is 384 g/mol. The van der Waals surface area contributed by atoms with E-state index in [1.165, 1.54) is 4.70 Å². The Balaban J connectivity index is 1.64. The number of aliphatic imine (C=N–C) groups is 1. The minimum atomic E-state index is -0.586. The Morgan fingerprint density at radius 1 is 1.15 bits per heavy atom. The summed E-state index contributed by atoms with van der Waals surface area (Å²) in [5.41, 5.74) is 1.02. The Labute approximate surface area is 163 Å². The molecule has 3 rings (SSSR count). The summed E-state index contributed by atoms with van der Waals surface area (Å²) < 4.78 is 6.56. The average Bonchev–Trinajstić information content (AvgIpc) is 3.14. The van der Waals surface area contributed by atoms with Crippen LogP contribution in [0.5, 0.6) is 5.75 Å². The molecule has 1 aromatic heterocycles. The summed E-state index contributed by atoms with van der Waals surface area (Å²) in [4.78, 5) is 5.56. The summed E-state index contributed by atoms with van der Waals surface area (Å²) in [6, 6.07) is 18.0. The van der Waals surface area contributed by atoms with Crippen LogP contribution >= 0.6 is 11.3 Å². The number of nitrogens with one attached hydrogen (secondary N) is 2. The number of ether oxygens (including phenoxy) is 1. The summed E-state index contributed by atoms with van der Waals surface area (Å²) in [5, 5.41) is 18.2. The minimum absolute atomic E-state index is 0.393. The fourth-order valence-corrected chi connectivity index (χ4v) is 3.85. The topological polar surface area (TPSA) is 65.9 Å². The third-order valence-corrected chi connectivity index (χ3v) is 5.40. The van der Waals surface area contributed by atoms with E-state index >= 15 is 0 Å². The first-order valence-corrected chi connectivity index (χ1v) is 9.83. The van der Waals surface area contributed by atoms with Crippen LogP contribution in [0.3, 0.4) is 0 Å². The highest BCUT2D eigenvalue weighted by Gasteiger charge is 2.12. The van der Waals surface area contributed by atoms with Crippen LogP contribution in [0, 0.1) is 0 Å². The van der Waals surface area contributed by atoms with Gasteiger partial charge in [0, 0.05) is 28.2 Å². The quantitative estimate of drug-likeness (QED) is 0.430. The van der Waals surface area contributed by atoms with Gasteiger partial charge in [0.05, 0.1) is 13.7 Å². The van der Waals surface area contributed by atoms with E-state index < -0.39 is 6.10 Å². The van der Waals surface area contributed by atoms with Gasteiger partial charge in [-0.3, -0.25) is 0 Å². The molecule has 0 fully saturated rings. The maximum Gasteiger partial charge on any atom is 0.191 e. The van der Waals surface area contributed by atoms with Crippen molar-refractivity contribution in [2.45, 2.75) is 19.6 Å². The number of aliphatic hydroxyl groups is 1.